The maximum absolute atomic E-state index is 10.9. The molecule has 14 heavy (non-hydrogen) atoms. The Bertz CT molecular complexity index is 160. The number of hydrogen-bond donors (Lipinski definition) is 1. The summed E-state index contributed by atoms with van der Waals surface area (Å²) in [6.45, 7) is 2.88. The van der Waals surface area contributed by atoms with Crippen LogP contribution in [0.15, 0.2) is 0 Å². The van der Waals surface area contributed by atoms with Crippen molar-refractivity contribution in [1.29, 1.82) is 0 Å². The number of rotatable bonds is 8. The molecule has 0 spiro atoms. The normalized spacial score (nSPS) is 9.86. The van der Waals surface area contributed by atoms with Crippen molar-refractivity contribution in [2.24, 2.45) is 0 Å². The van der Waals surface area contributed by atoms with Gasteiger partial charge < -0.3 is 10.1 Å². The highest BCUT2D eigenvalue weighted by Gasteiger charge is 1.99. The zero-order valence-corrected chi connectivity index (χ0v) is 8.97. The van der Waals surface area contributed by atoms with E-state index >= 15 is 0 Å². The number of carbonyl (C=O) groups is 2. The van der Waals surface area contributed by atoms with E-state index in [1.807, 2.05) is 6.92 Å². The van der Waals surface area contributed by atoms with E-state index in [-0.39, 0.29) is 12.5 Å². The largest absolute Gasteiger partial charge is 0.468 e. The van der Waals surface area contributed by atoms with Crippen molar-refractivity contribution in [1.82, 2.24) is 5.32 Å². The first-order chi connectivity index (χ1) is 6.70. The smallest absolute Gasteiger partial charge is 0.319 e. The molecule has 0 rings (SSSR count). The molecule has 0 amide bonds. The standard InChI is InChI=1S/C10H19NO3/c1-3-9(12)6-4-5-7-11-8-10(13)14-2/h11H,3-8H2,1-2H3. The average molecular weight is 201 g/mol. The molecule has 0 aliphatic rings. The fourth-order valence-corrected chi connectivity index (χ4v) is 1.01. The quantitative estimate of drug-likeness (QED) is 0.468. The molecular weight excluding hydrogens is 182 g/mol. The minimum absolute atomic E-state index is 0.248. The Labute approximate surface area is 85.0 Å². The highest BCUT2D eigenvalue weighted by atomic mass is 16.5. The number of Topliss-reactive ketones (excluding diaryl/α,β-unsaturated/α-hetero) is 1. The van der Waals surface area contributed by atoms with Crippen LogP contribution in [-0.2, 0) is 14.3 Å². The van der Waals surface area contributed by atoms with Crippen molar-refractivity contribution in [2.45, 2.75) is 32.6 Å². The molecule has 1 N–H and O–H groups in total. The summed E-state index contributed by atoms with van der Waals surface area (Å²) in [6, 6.07) is 0. The van der Waals surface area contributed by atoms with E-state index in [0.29, 0.717) is 18.6 Å². The van der Waals surface area contributed by atoms with Gasteiger partial charge in [-0.2, -0.15) is 0 Å². The van der Waals surface area contributed by atoms with E-state index in [2.05, 4.69) is 10.1 Å². The highest BCUT2D eigenvalue weighted by molar-refractivity contribution is 5.77. The minimum Gasteiger partial charge on any atom is -0.468 e. The molecule has 0 unspecified atom stereocenters. The van der Waals surface area contributed by atoms with Crippen molar-refractivity contribution in [2.75, 3.05) is 20.2 Å². The second kappa shape index (κ2) is 8.69. The molecule has 0 aliphatic heterocycles. The van der Waals surface area contributed by atoms with E-state index in [9.17, 15) is 9.59 Å². The molecule has 0 heterocycles. The van der Waals surface area contributed by atoms with Crippen LogP contribution in [-0.4, -0.2) is 32.0 Å². The average Bonchev–Trinajstić information content (AvgIpc) is 2.22. The summed E-state index contributed by atoms with van der Waals surface area (Å²) in [5.74, 6) is 0.0487. The van der Waals surface area contributed by atoms with E-state index < -0.39 is 0 Å². The van der Waals surface area contributed by atoms with Crippen LogP contribution < -0.4 is 5.32 Å². The number of methoxy groups -OCH3 is 1. The van der Waals surface area contributed by atoms with Gasteiger partial charge in [-0.15, -0.1) is 0 Å². The second-order valence-electron chi connectivity index (χ2n) is 3.10. The first-order valence-corrected chi connectivity index (χ1v) is 5.00. The molecule has 0 aromatic carbocycles. The molecule has 0 atom stereocenters. The first kappa shape index (κ1) is 13.1. The van der Waals surface area contributed by atoms with E-state index in [1.165, 1.54) is 7.11 Å². The van der Waals surface area contributed by atoms with Crippen LogP contribution in [0.25, 0.3) is 0 Å². The number of ketones is 1. The second-order valence-corrected chi connectivity index (χ2v) is 3.10. The topological polar surface area (TPSA) is 55.4 Å². The molecule has 0 aliphatic carbocycles. The summed E-state index contributed by atoms with van der Waals surface area (Å²) in [7, 11) is 1.37. The van der Waals surface area contributed by atoms with Gasteiger partial charge in [-0.1, -0.05) is 6.92 Å². The molecule has 0 saturated heterocycles. The Kier molecular flexibility index (Phi) is 8.13. The molecule has 0 aromatic rings. The van der Waals surface area contributed by atoms with Crippen LogP contribution in [0.4, 0.5) is 0 Å². The third-order valence-electron chi connectivity index (χ3n) is 1.95. The fourth-order valence-electron chi connectivity index (χ4n) is 1.01. The summed E-state index contributed by atoms with van der Waals surface area (Å²) in [5, 5.41) is 2.94. The molecule has 0 fully saturated rings. The number of ether oxygens (including phenoxy) is 1. The van der Waals surface area contributed by atoms with Crippen molar-refractivity contribution < 1.29 is 14.3 Å². The van der Waals surface area contributed by atoms with E-state index in [1.54, 1.807) is 0 Å². The van der Waals surface area contributed by atoms with Gasteiger partial charge in [0.05, 0.1) is 13.7 Å². The van der Waals surface area contributed by atoms with Crippen molar-refractivity contribution >= 4 is 11.8 Å². The first-order valence-electron chi connectivity index (χ1n) is 5.00. The van der Waals surface area contributed by atoms with Gasteiger partial charge in [0.2, 0.25) is 0 Å². The zero-order valence-electron chi connectivity index (χ0n) is 8.97. The lowest BCUT2D eigenvalue weighted by atomic mass is 10.1. The lowest BCUT2D eigenvalue weighted by Crippen LogP contribution is -2.24. The molecule has 0 radical (unpaired) electrons. The Morgan fingerprint density at radius 2 is 2.00 bits per heavy atom. The summed E-state index contributed by atoms with van der Waals surface area (Å²) in [5.41, 5.74) is 0. The van der Waals surface area contributed by atoms with Gasteiger partial charge in [0.25, 0.3) is 0 Å². The van der Waals surface area contributed by atoms with Crippen LogP contribution in [0.2, 0.25) is 0 Å². The maximum atomic E-state index is 10.9. The Morgan fingerprint density at radius 3 is 2.57 bits per heavy atom. The zero-order chi connectivity index (χ0) is 10.8. The summed E-state index contributed by atoms with van der Waals surface area (Å²) >= 11 is 0. The molecule has 0 bridgehead atoms. The van der Waals surface area contributed by atoms with Gasteiger partial charge in [0.1, 0.15) is 5.78 Å². The predicted octanol–water partition coefficient (Wildman–Crippen LogP) is 0.898. The Balaban J connectivity index is 3.14. The molecule has 82 valence electrons. The number of unbranched alkanes of at least 4 members (excludes halogenated alkanes) is 1. The van der Waals surface area contributed by atoms with E-state index in [0.717, 1.165) is 19.4 Å². The van der Waals surface area contributed by atoms with Crippen LogP contribution in [0, 0.1) is 0 Å². The third-order valence-corrected chi connectivity index (χ3v) is 1.95. The van der Waals surface area contributed by atoms with Crippen molar-refractivity contribution in [3.05, 3.63) is 0 Å². The predicted molar refractivity (Wildman–Crippen MR) is 54.0 cm³/mol. The van der Waals surface area contributed by atoms with Crippen LogP contribution >= 0.6 is 0 Å². The van der Waals surface area contributed by atoms with Crippen LogP contribution in [0.5, 0.6) is 0 Å². The monoisotopic (exact) mass is 201 g/mol. The van der Waals surface area contributed by atoms with Gasteiger partial charge in [-0.25, -0.2) is 0 Å². The fraction of sp³-hybridized carbons (Fsp3) is 0.800. The van der Waals surface area contributed by atoms with Crippen LogP contribution in [0.3, 0.4) is 0 Å². The number of carbonyl (C=O) groups excluding carboxylic acids is 2. The highest BCUT2D eigenvalue weighted by Crippen LogP contribution is 1.97. The van der Waals surface area contributed by atoms with Gasteiger partial charge >= 0.3 is 5.97 Å². The Morgan fingerprint density at radius 1 is 1.29 bits per heavy atom. The lowest BCUT2D eigenvalue weighted by Gasteiger charge is -2.02. The number of hydrogen-bond acceptors (Lipinski definition) is 4. The van der Waals surface area contributed by atoms with Crippen molar-refractivity contribution in [3.63, 3.8) is 0 Å². The molecule has 0 saturated carbocycles. The summed E-state index contributed by atoms with van der Waals surface area (Å²) < 4.78 is 4.46. The summed E-state index contributed by atoms with van der Waals surface area (Å²) in [4.78, 5) is 21.6. The van der Waals surface area contributed by atoms with Gasteiger partial charge in [0.15, 0.2) is 0 Å². The number of esters is 1. The van der Waals surface area contributed by atoms with Gasteiger partial charge in [0, 0.05) is 12.8 Å². The van der Waals surface area contributed by atoms with Gasteiger partial charge in [-0.05, 0) is 19.4 Å². The van der Waals surface area contributed by atoms with E-state index in [4.69, 9.17) is 0 Å². The maximum Gasteiger partial charge on any atom is 0.319 e. The SMILES string of the molecule is CCC(=O)CCCCNCC(=O)OC. The molecule has 0 aromatic heterocycles. The number of nitrogens with one attached hydrogen (secondary N) is 1. The third kappa shape index (κ3) is 7.73. The minimum atomic E-state index is -0.255. The molecule has 4 heteroatoms. The lowest BCUT2D eigenvalue weighted by molar-refractivity contribution is -0.139. The Hall–Kier alpha value is -0.900. The van der Waals surface area contributed by atoms with Crippen LogP contribution in [0.1, 0.15) is 32.6 Å². The van der Waals surface area contributed by atoms with Crippen molar-refractivity contribution in [3.8, 4) is 0 Å². The summed E-state index contributed by atoms with van der Waals surface area (Å²) in [6.07, 6.45) is 3.08. The molecular formula is C10H19NO3. The molecule has 4 nitrogen and oxygen atoms in total. The van der Waals surface area contributed by atoms with Gasteiger partial charge in [-0.3, -0.25) is 9.59 Å².